The van der Waals surface area contributed by atoms with Gasteiger partial charge in [-0.15, -0.1) is 0 Å². The summed E-state index contributed by atoms with van der Waals surface area (Å²) in [4.78, 5) is 0. The maximum Gasteiger partial charge on any atom is 0.171 e. The summed E-state index contributed by atoms with van der Waals surface area (Å²) in [5.74, 6) is 2.38. The smallest absolute Gasteiger partial charge is 0.171 e. The van der Waals surface area contributed by atoms with Crippen LogP contribution in [0.15, 0.2) is 66.7 Å². The third kappa shape index (κ3) is 3.65. The van der Waals surface area contributed by atoms with Crippen molar-refractivity contribution in [2.75, 3.05) is 17.2 Å². The van der Waals surface area contributed by atoms with Crippen LogP contribution in [0.1, 0.15) is 0 Å². The Morgan fingerprint density at radius 3 is 1.43 bits per heavy atom. The summed E-state index contributed by atoms with van der Waals surface area (Å²) in [6, 6.07) is 19.4. The molecule has 5 heteroatoms. The lowest BCUT2D eigenvalue weighted by atomic mass is 10.2. The van der Waals surface area contributed by atoms with Crippen molar-refractivity contribution in [2.45, 2.75) is 0 Å². The van der Waals surface area contributed by atoms with E-state index in [4.69, 9.17) is 26.7 Å². The van der Waals surface area contributed by atoms with E-state index in [1.54, 1.807) is 66.7 Å². The molecule has 0 spiro atoms. The van der Waals surface area contributed by atoms with Gasteiger partial charge < -0.3 is 26.7 Å². The van der Waals surface area contributed by atoms with Crippen LogP contribution in [0, 0.1) is 0 Å². The van der Waals surface area contributed by atoms with Crippen LogP contribution < -0.4 is 26.7 Å². The van der Waals surface area contributed by atoms with Crippen LogP contribution in [0.5, 0.6) is 23.0 Å². The van der Waals surface area contributed by atoms with E-state index in [9.17, 15) is 0 Å². The van der Waals surface area contributed by atoms with Crippen LogP contribution in [-0.2, 0) is 0 Å². The Hall–Kier alpha value is -3.34. The fraction of sp³-hybridized carbons (Fsp3) is 0. The minimum atomic E-state index is 0.520. The lowest BCUT2D eigenvalue weighted by Gasteiger charge is -2.13. The van der Waals surface area contributed by atoms with Crippen molar-refractivity contribution in [1.29, 1.82) is 0 Å². The van der Waals surface area contributed by atoms with Gasteiger partial charge in [0.1, 0.15) is 11.5 Å². The van der Waals surface area contributed by atoms with Gasteiger partial charge in [0.2, 0.25) is 0 Å². The van der Waals surface area contributed by atoms with E-state index < -0.39 is 0 Å². The summed E-state index contributed by atoms with van der Waals surface area (Å²) in [5, 5.41) is 0. The van der Waals surface area contributed by atoms with Gasteiger partial charge >= 0.3 is 0 Å². The molecular weight excluding hydrogens is 290 g/mol. The Bertz CT molecular complexity index is 800. The van der Waals surface area contributed by atoms with Gasteiger partial charge in [0.25, 0.3) is 0 Å². The molecule has 0 heterocycles. The van der Waals surface area contributed by atoms with Crippen molar-refractivity contribution in [3.05, 3.63) is 66.7 Å². The van der Waals surface area contributed by atoms with E-state index in [0.717, 1.165) is 0 Å². The van der Waals surface area contributed by atoms with Gasteiger partial charge in [-0.1, -0.05) is 0 Å². The van der Waals surface area contributed by atoms with Crippen LogP contribution in [0.3, 0.4) is 0 Å². The SMILES string of the molecule is Nc1ccc(Oc2ccc(N)cc2Oc2ccc(N)cc2)cc1. The molecule has 0 aliphatic carbocycles. The fourth-order valence-electron chi connectivity index (χ4n) is 2.01. The quantitative estimate of drug-likeness (QED) is 0.633. The predicted octanol–water partition coefficient (Wildman–Crippen LogP) is 4.02. The first-order valence-electron chi connectivity index (χ1n) is 7.06. The molecule has 0 atom stereocenters. The number of benzene rings is 3. The van der Waals surface area contributed by atoms with E-state index in [2.05, 4.69) is 0 Å². The summed E-state index contributed by atoms with van der Waals surface area (Å²) < 4.78 is 11.7. The van der Waals surface area contributed by atoms with Crippen molar-refractivity contribution in [3.63, 3.8) is 0 Å². The Morgan fingerprint density at radius 1 is 0.478 bits per heavy atom. The average molecular weight is 307 g/mol. The first-order valence-corrected chi connectivity index (χ1v) is 7.06. The van der Waals surface area contributed by atoms with Crippen LogP contribution >= 0.6 is 0 Å². The second kappa shape index (κ2) is 6.19. The van der Waals surface area contributed by atoms with Crippen molar-refractivity contribution >= 4 is 17.1 Å². The Labute approximate surface area is 134 Å². The highest BCUT2D eigenvalue weighted by Gasteiger charge is 2.09. The molecule has 116 valence electrons. The molecule has 0 radical (unpaired) electrons. The van der Waals surface area contributed by atoms with Crippen LogP contribution in [0.2, 0.25) is 0 Å². The molecule has 0 aliphatic rings. The average Bonchev–Trinajstić information content (AvgIpc) is 2.54. The van der Waals surface area contributed by atoms with Crippen molar-refractivity contribution < 1.29 is 9.47 Å². The minimum absolute atomic E-state index is 0.520. The van der Waals surface area contributed by atoms with E-state index in [1.165, 1.54) is 0 Å². The normalized spacial score (nSPS) is 10.3. The number of hydrogen-bond acceptors (Lipinski definition) is 5. The molecule has 3 rings (SSSR count). The topological polar surface area (TPSA) is 96.5 Å². The molecule has 0 amide bonds. The Kier molecular flexibility index (Phi) is 3.93. The lowest BCUT2D eigenvalue weighted by molar-refractivity contribution is 0.419. The van der Waals surface area contributed by atoms with E-state index in [0.29, 0.717) is 40.1 Å². The molecule has 0 bridgehead atoms. The van der Waals surface area contributed by atoms with Crippen molar-refractivity contribution in [3.8, 4) is 23.0 Å². The maximum absolute atomic E-state index is 5.86. The molecular formula is C18H17N3O2. The molecule has 0 aromatic heterocycles. The zero-order valence-electron chi connectivity index (χ0n) is 12.4. The van der Waals surface area contributed by atoms with Crippen molar-refractivity contribution in [1.82, 2.24) is 0 Å². The van der Waals surface area contributed by atoms with E-state index in [1.807, 2.05) is 0 Å². The molecule has 0 saturated heterocycles. The molecule has 0 aliphatic heterocycles. The number of hydrogen-bond donors (Lipinski definition) is 3. The molecule has 0 unspecified atom stereocenters. The number of nitrogens with two attached hydrogens (primary N) is 3. The third-order valence-corrected chi connectivity index (χ3v) is 3.18. The number of ether oxygens (including phenoxy) is 2. The number of anilines is 3. The first-order chi connectivity index (χ1) is 11.1. The van der Waals surface area contributed by atoms with Crippen LogP contribution in [0.25, 0.3) is 0 Å². The molecule has 5 nitrogen and oxygen atoms in total. The first kappa shape index (κ1) is 14.6. The molecule has 6 N–H and O–H groups in total. The van der Waals surface area contributed by atoms with Crippen LogP contribution in [-0.4, -0.2) is 0 Å². The van der Waals surface area contributed by atoms with Gasteiger partial charge in [0.05, 0.1) is 0 Å². The number of nitrogen functional groups attached to an aromatic ring is 3. The maximum atomic E-state index is 5.86. The van der Waals surface area contributed by atoms with Gasteiger partial charge in [0, 0.05) is 23.1 Å². The third-order valence-electron chi connectivity index (χ3n) is 3.18. The van der Waals surface area contributed by atoms with Gasteiger partial charge in [-0.05, 0) is 60.7 Å². The predicted molar refractivity (Wildman–Crippen MR) is 92.7 cm³/mol. The molecule has 23 heavy (non-hydrogen) atoms. The zero-order chi connectivity index (χ0) is 16.2. The van der Waals surface area contributed by atoms with E-state index >= 15 is 0 Å². The van der Waals surface area contributed by atoms with Gasteiger partial charge in [0.15, 0.2) is 11.5 Å². The largest absolute Gasteiger partial charge is 0.453 e. The summed E-state index contributed by atoms with van der Waals surface area (Å²) in [5.41, 5.74) is 19.1. The van der Waals surface area contributed by atoms with Crippen molar-refractivity contribution in [2.24, 2.45) is 0 Å². The summed E-state index contributed by atoms with van der Waals surface area (Å²) in [7, 11) is 0. The minimum Gasteiger partial charge on any atom is -0.453 e. The molecule has 0 fully saturated rings. The summed E-state index contributed by atoms with van der Waals surface area (Å²) in [6.07, 6.45) is 0. The van der Waals surface area contributed by atoms with Crippen LogP contribution in [0.4, 0.5) is 17.1 Å². The highest BCUT2D eigenvalue weighted by atomic mass is 16.5. The summed E-state index contributed by atoms with van der Waals surface area (Å²) in [6.45, 7) is 0. The highest BCUT2D eigenvalue weighted by Crippen LogP contribution is 2.36. The second-order valence-electron chi connectivity index (χ2n) is 5.05. The Morgan fingerprint density at radius 2 is 0.913 bits per heavy atom. The standard InChI is InChI=1S/C18H17N3O2/c19-12-1-6-15(7-2-12)22-17-10-5-14(21)11-18(17)23-16-8-3-13(20)4-9-16/h1-11H,19-21H2. The zero-order valence-corrected chi connectivity index (χ0v) is 12.4. The molecule has 3 aromatic rings. The monoisotopic (exact) mass is 307 g/mol. The summed E-state index contributed by atoms with van der Waals surface area (Å²) >= 11 is 0. The Balaban J connectivity index is 1.88. The van der Waals surface area contributed by atoms with E-state index in [-0.39, 0.29) is 0 Å². The fourth-order valence-corrected chi connectivity index (χ4v) is 2.01. The van der Waals surface area contributed by atoms with Gasteiger partial charge in [-0.25, -0.2) is 0 Å². The molecule has 0 saturated carbocycles. The lowest BCUT2D eigenvalue weighted by Crippen LogP contribution is -1.93. The highest BCUT2D eigenvalue weighted by molar-refractivity contribution is 5.55. The number of rotatable bonds is 4. The molecule has 3 aromatic carbocycles. The van der Waals surface area contributed by atoms with Gasteiger partial charge in [-0.3, -0.25) is 0 Å². The van der Waals surface area contributed by atoms with Gasteiger partial charge in [-0.2, -0.15) is 0 Å². The second-order valence-corrected chi connectivity index (χ2v) is 5.05.